The topological polar surface area (TPSA) is 71.7 Å². The average molecular weight is 402 g/mol. The van der Waals surface area contributed by atoms with Crippen molar-refractivity contribution >= 4 is 5.96 Å². The maximum absolute atomic E-state index is 5.57. The molecule has 0 saturated heterocycles. The summed E-state index contributed by atoms with van der Waals surface area (Å²) < 4.78 is 11.0. The van der Waals surface area contributed by atoms with E-state index in [0.29, 0.717) is 12.4 Å². The van der Waals surface area contributed by atoms with E-state index in [1.54, 1.807) is 6.26 Å². The molecule has 2 N–H and O–H groups in total. The summed E-state index contributed by atoms with van der Waals surface area (Å²) in [5.74, 6) is 4.59. The van der Waals surface area contributed by atoms with Gasteiger partial charge in [-0.2, -0.15) is 0 Å². The van der Waals surface area contributed by atoms with Crippen LogP contribution in [0.25, 0.3) is 11.5 Å². The highest BCUT2D eigenvalue weighted by molar-refractivity contribution is 5.79. The van der Waals surface area contributed by atoms with E-state index in [0.717, 1.165) is 42.5 Å². The molecule has 1 heterocycles. The zero-order chi connectivity index (χ0) is 21.0. The third kappa shape index (κ3) is 6.42. The Morgan fingerprint density at radius 3 is 2.67 bits per heavy atom. The van der Waals surface area contributed by atoms with Crippen molar-refractivity contribution in [3.8, 4) is 29.5 Å². The molecule has 30 heavy (non-hydrogen) atoms. The van der Waals surface area contributed by atoms with Crippen molar-refractivity contribution in [2.24, 2.45) is 4.99 Å². The number of nitrogens with one attached hydrogen (secondary N) is 2. The second-order valence-corrected chi connectivity index (χ2v) is 6.52. The second-order valence-electron chi connectivity index (χ2n) is 6.52. The lowest BCUT2D eigenvalue weighted by Crippen LogP contribution is -2.38. The van der Waals surface area contributed by atoms with Crippen LogP contribution in [0, 0.1) is 12.3 Å². The molecule has 0 bridgehead atoms. The highest BCUT2D eigenvalue weighted by atomic mass is 16.5. The molecule has 0 aliphatic heterocycles. The minimum Gasteiger partial charge on any atom is -0.481 e. The number of guanidine groups is 1. The molecule has 3 rings (SSSR count). The Kier molecular flexibility index (Phi) is 7.93. The number of hydrogen-bond acceptors (Lipinski definition) is 4. The number of oxazole rings is 1. The molecule has 6 heteroatoms. The highest BCUT2D eigenvalue weighted by Gasteiger charge is 2.06. The number of rotatable bonds is 9. The number of hydrogen-bond donors (Lipinski definition) is 2. The number of terminal acetylenes is 1. The third-order valence-electron chi connectivity index (χ3n) is 4.27. The summed E-state index contributed by atoms with van der Waals surface area (Å²) in [4.78, 5) is 9.12. The van der Waals surface area contributed by atoms with E-state index < -0.39 is 0 Å². The van der Waals surface area contributed by atoms with Crippen molar-refractivity contribution in [2.45, 2.75) is 19.9 Å². The first-order chi connectivity index (χ1) is 14.8. The van der Waals surface area contributed by atoms with Crippen molar-refractivity contribution in [1.29, 1.82) is 0 Å². The smallest absolute Gasteiger partial charge is 0.226 e. The summed E-state index contributed by atoms with van der Waals surface area (Å²) in [5, 5.41) is 6.60. The molecule has 0 aliphatic carbocycles. The standard InChI is InChI=1S/C24H26N4O2/c1-3-16-29-22-12-10-19(11-13-22)14-15-26-24(25-4-2)27-17-21-18-30-23(28-21)20-8-6-5-7-9-20/h1,5-13,18H,4,14-17H2,2H3,(H2,25,26,27). The van der Waals surface area contributed by atoms with Crippen LogP contribution in [-0.2, 0) is 13.0 Å². The fourth-order valence-corrected chi connectivity index (χ4v) is 2.80. The quantitative estimate of drug-likeness (QED) is 0.325. The van der Waals surface area contributed by atoms with Gasteiger partial charge in [-0.05, 0) is 43.2 Å². The fraction of sp³-hybridized carbons (Fsp3) is 0.250. The average Bonchev–Trinajstić information content (AvgIpc) is 3.27. The largest absolute Gasteiger partial charge is 0.481 e. The number of aromatic nitrogens is 1. The van der Waals surface area contributed by atoms with Crippen LogP contribution in [-0.4, -0.2) is 30.6 Å². The van der Waals surface area contributed by atoms with E-state index in [2.05, 4.69) is 26.5 Å². The minimum atomic E-state index is 0.280. The van der Waals surface area contributed by atoms with Crippen molar-refractivity contribution in [2.75, 3.05) is 19.7 Å². The van der Waals surface area contributed by atoms with Crippen LogP contribution in [0.4, 0.5) is 0 Å². The van der Waals surface area contributed by atoms with Crippen LogP contribution in [0.15, 0.2) is 70.3 Å². The normalized spacial score (nSPS) is 11.0. The summed E-state index contributed by atoms with van der Waals surface area (Å²) in [6.07, 6.45) is 7.72. The summed E-state index contributed by atoms with van der Waals surface area (Å²) in [6.45, 7) is 4.29. The molecule has 0 aliphatic rings. The SMILES string of the molecule is C#CCOc1ccc(CCNC(=NCc2coc(-c3ccccc3)n2)NCC)cc1. The Labute approximate surface area is 177 Å². The predicted octanol–water partition coefficient (Wildman–Crippen LogP) is 3.65. The van der Waals surface area contributed by atoms with E-state index in [-0.39, 0.29) is 6.61 Å². The molecule has 0 fully saturated rings. The molecular weight excluding hydrogens is 376 g/mol. The first-order valence-electron chi connectivity index (χ1n) is 9.95. The third-order valence-corrected chi connectivity index (χ3v) is 4.27. The van der Waals surface area contributed by atoms with E-state index in [4.69, 9.17) is 15.6 Å². The lowest BCUT2D eigenvalue weighted by atomic mass is 10.1. The Bertz CT molecular complexity index is 972. The minimum absolute atomic E-state index is 0.280. The summed E-state index contributed by atoms with van der Waals surface area (Å²) in [6, 6.07) is 17.8. The van der Waals surface area contributed by atoms with Crippen molar-refractivity contribution in [3.63, 3.8) is 0 Å². The van der Waals surface area contributed by atoms with Gasteiger partial charge in [0.25, 0.3) is 0 Å². The van der Waals surface area contributed by atoms with Crippen LogP contribution in [0.1, 0.15) is 18.2 Å². The van der Waals surface area contributed by atoms with Gasteiger partial charge in [0.15, 0.2) is 5.96 Å². The molecule has 0 saturated carbocycles. The molecule has 154 valence electrons. The van der Waals surface area contributed by atoms with Gasteiger partial charge in [0.2, 0.25) is 5.89 Å². The van der Waals surface area contributed by atoms with Gasteiger partial charge in [-0.25, -0.2) is 9.98 Å². The van der Waals surface area contributed by atoms with Crippen LogP contribution in [0.2, 0.25) is 0 Å². The molecule has 0 radical (unpaired) electrons. The van der Waals surface area contributed by atoms with E-state index in [1.807, 2.05) is 61.5 Å². The Hall–Kier alpha value is -3.72. The highest BCUT2D eigenvalue weighted by Crippen LogP contribution is 2.18. The van der Waals surface area contributed by atoms with E-state index in [9.17, 15) is 0 Å². The van der Waals surface area contributed by atoms with Gasteiger partial charge in [0.05, 0.1) is 6.54 Å². The summed E-state index contributed by atoms with van der Waals surface area (Å²) >= 11 is 0. The first-order valence-corrected chi connectivity index (χ1v) is 9.95. The number of aliphatic imine (C=N–C) groups is 1. The van der Waals surface area contributed by atoms with Gasteiger partial charge < -0.3 is 19.8 Å². The lowest BCUT2D eigenvalue weighted by Gasteiger charge is -2.11. The number of benzene rings is 2. The Morgan fingerprint density at radius 1 is 1.13 bits per heavy atom. The van der Waals surface area contributed by atoms with Crippen molar-refractivity contribution in [1.82, 2.24) is 15.6 Å². The number of nitrogens with zero attached hydrogens (tertiary/aromatic N) is 2. The van der Waals surface area contributed by atoms with E-state index in [1.165, 1.54) is 5.56 Å². The van der Waals surface area contributed by atoms with Gasteiger partial charge in [-0.1, -0.05) is 36.3 Å². The predicted molar refractivity (Wildman–Crippen MR) is 119 cm³/mol. The van der Waals surface area contributed by atoms with Crippen molar-refractivity contribution < 1.29 is 9.15 Å². The Balaban J connectivity index is 1.51. The Morgan fingerprint density at radius 2 is 1.93 bits per heavy atom. The molecular formula is C24H26N4O2. The van der Waals surface area contributed by atoms with Gasteiger partial charge in [0.1, 0.15) is 24.3 Å². The molecule has 6 nitrogen and oxygen atoms in total. The van der Waals surface area contributed by atoms with E-state index >= 15 is 0 Å². The number of ether oxygens (including phenoxy) is 1. The molecule has 0 spiro atoms. The molecule has 0 unspecified atom stereocenters. The van der Waals surface area contributed by atoms with Crippen LogP contribution < -0.4 is 15.4 Å². The molecule has 0 atom stereocenters. The van der Waals surface area contributed by atoms with Gasteiger partial charge in [0, 0.05) is 18.7 Å². The lowest BCUT2D eigenvalue weighted by molar-refractivity contribution is 0.370. The molecule has 2 aromatic carbocycles. The second kappa shape index (κ2) is 11.3. The van der Waals surface area contributed by atoms with Crippen LogP contribution in [0.5, 0.6) is 5.75 Å². The molecule has 3 aromatic rings. The summed E-state index contributed by atoms with van der Waals surface area (Å²) in [5.41, 5.74) is 2.94. The molecule has 1 aromatic heterocycles. The first kappa shape index (κ1) is 21.0. The van der Waals surface area contributed by atoms with Crippen LogP contribution >= 0.6 is 0 Å². The van der Waals surface area contributed by atoms with Gasteiger partial charge >= 0.3 is 0 Å². The van der Waals surface area contributed by atoms with Gasteiger partial charge in [-0.3, -0.25) is 0 Å². The zero-order valence-electron chi connectivity index (χ0n) is 17.1. The van der Waals surface area contributed by atoms with Gasteiger partial charge in [-0.15, -0.1) is 6.42 Å². The summed E-state index contributed by atoms with van der Waals surface area (Å²) in [7, 11) is 0. The monoisotopic (exact) mass is 402 g/mol. The van der Waals surface area contributed by atoms with Crippen LogP contribution in [0.3, 0.4) is 0 Å². The maximum atomic E-state index is 5.57. The van der Waals surface area contributed by atoms with Crippen molar-refractivity contribution in [3.05, 3.63) is 72.1 Å². The molecule has 0 amide bonds. The fourth-order valence-electron chi connectivity index (χ4n) is 2.80. The maximum Gasteiger partial charge on any atom is 0.226 e. The zero-order valence-corrected chi connectivity index (χ0v) is 17.1.